The van der Waals surface area contributed by atoms with E-state index >= 15 is 0 Å². The second-order valence-electron chi connectivity index (χ2n) is 8.29. The van der Waals surface area contributed by atoms with Gasteiger partial charge in [0.05, 0.1) is 6.54 Å². The molecule has 1 aromatic carbocycles. The Hall–Kier alpha value is -1.88. The van der Waals surface area contributed by atoms with Crippen molar-refractivity contribution in [2.45, 2.75) is 66.0 Å². The summed E-state index contributed by atoms with van der Waals surface area (Å²) < 4.78 is 0. The highest BCUT2D eigenvalue weighted by atomic mass is 32.1. The van der Waals surface area contributed by atoms with Crippen molar-refractivity contribution >= 4 is 28.2 Å². The van der Waals surface area contributed by atoms with Gasteiger partial charge in [-0.25, -0.2) is 0 Å². The molecular weight excluding hydrogens is 354 g/mol. The van der Waals surface area contributed by atoms with Gasteiger partial charge in [0.2, 0.25) is 0 Å². The summed E-state index contributed by atoms with van der Waals surface area (Å²) in [6, 6.07) is 6.67. The smallest absolute Gasteiger partial charge is 0.253 e. The van der Waals surface area contributed by atoms with Crippen molar-refractivity contribution in [1.82, 2.24) is 15.2 Å². The molecule has 0 bridgehead atoms. The van der Waals surface area contributed by atoms with Crippen molar-refractivity contribution in [1.29, 1.82) is 0 Å². The number of aromatic nitrogens is 1. The number of benzene rings is 1. The average Bonchev–Trinajstić information content (AvgIpc) is 3.13. The number of hydrogen-bond donors (Lipinski definition) is 2. The zero-order valence-electron chi connectivity index (χ0n) is 16.9. The fourth-order valence-electron chi connectivity index (χ4n) is 3.80. The second kappa shape index (κ2) is 8.42. The van der Waals surface area contributed by atoms with Gasteiger partial charge in [0.1, 0.15) is 0 Å². The SMILES string of the molecule is Cc1cc2cc(CN(C(=S)NCC(C)C)C3CCCC3)c(=O)[nH]c2cc1C. The zero-order chi connectivity index (χ0) is 19.6. The summed E-state index contributed by atoms with van der Waals surface area (Å²) in [6.07, 6.45) is 4.77. The van der Waals surface area contributed by atoms with Crippen LogP contribution in [0.15, 0.2) is 23.0 Å². The Morgan fingerprint density at radius 3 is 2.56 bits per heavy atom. The third-order valence-corrected chi connectivity index (χ3v) is 5.94. The molecule has 3 rings (SSSR count). The van der Waals surface area contributed by atoms with Crippen LogP contribution in [0.4, 0.5) is 0 Å². The highest BCUT2D eigenvalue weighted by Crippen LogP contribution is 2.25. The maximum Gasteiger partial charge on any atom is 0.253 e. The van der Waals surface area contributed by atoms with Crippen LogP contribution in [0.5, 0.6) is 0 Å². The maximum atomic E-state index is 12.7. The molecule has 0 unspecified atom stereocenters. The Kier molecular flexibility index (Phi) is 6.20. The van der Waals surface area contributed by atoms with Crippen molar-refractivity contribution in [3.8, 4) is 0 Å². The van der Waals surface area contributed by atoms with E-state index in [1.54, 1.807) is 0 Å². The largest absolute Gasteiger partial charge is 0.362 e. The fourth-order valence-corrected chi connectivity index (χ4v) is 4.10. The summed E-state index contributed by atoms with van der Waals surface area (Å²) >= 11 is 5.71. The number of nitrogens with one attached hydrogen (secondary N) is 2. The Labute approximate surface area is 167 Å². The number of nitrogens with zero attached hydrogens (tertiary/aromatic N) is 1. The molecule has 1 aliphatic rings. The van der Waals surface area contributed by atoms with Gasteiger partial charge in [-0.3, -0.25) is 4.79 Å². The van der Waals surface area contributed by atoms with Crippen LogP contribution >= 0.6 is 12.2 Å². The van der Waals surface area contributed by atoms with Crippen LogP contribution in [-0.2, 0) is 6.54 Å². The van der Waals surface area contributed by atoms with E-state index < -0.39 is 0 Å². The number of aryl methyl sites for hydroxylation is 2. The highest BCUT2D eigenvalue weighted by molar-refractivity contribution is 7.80. The van der Waals surface area contributed by atoms with Gasteiger partial charge < -0.3 is 15.2 Å². The Morgan fingerprint density at radius 1 is 1.22 bits per heavy atom. The quantitative estimate of drug-likeness (QED) is 0.748. The number of aromatic amines is 1. The first kappa shape index (κ1) is 19.9. The zero-order valence-corrected chi connectivity index (χ0v) is 17.7. The lowest BCUT2D eigenvalue weighted by Crippen LogP contribution is -2.46. The van der Waals surface area contributed by atoms with Crippen LogP contribution in [0.25, 0.3) is 10.9 Å². The lowest BCUT2D eigenvalue weighted by atomic mass is 10.0. The first-order valence-corrected chi connectivity index (χ1v) is 10.4. The Balaban J connectivity index is 1.90. The molecule has 1 fully saturated rings. The summed E-state index contributed by atoms with van der Waals surface area (Å²) in [5, 5.41) is 5.25. The van der Waals surface area contributed by atoms with Gasteiger partial charge in [-0.15, -0.1) is 0 Å². The molecule has 1 heterocycles. The molecular formula is C22H31N3OS. The van der Waals surface area contributed by atoms with Crippen molar-refractivity contribution in [2.24, 2.45) is 5.92 Å². The molecule has 2 aromatic rings. The van der Waals surface area contributed by atoms with E-state index in [0.717, 1.165) is 41.0 Å². The van der Waals surface area contributed by atoms with Crippen molar-refractivity contribution in [3.63, 3.8) is 0 Å². The topological polar surface area (TPSA) is 48.1 Å². The van der Waals surface area contributed by atoms with Gasteiger partial charge in [-0.05, 0) is 79.5 Å². The molecule has 1 saturated carbocycles. The molecule has 27 heavy (non-hydrogen) atoms. The van der Waals surface area contributed by atoms with E-state index in [2.05, 4.69) is 55.0 Å². The second-order valence-corrected chi connectivity index (χ2v) is 8.68. The summed E-state index contributed by atoms with van der Waals surface area (Å²) in [4.78, 5) is 18.0. The van der Waals surface area contributed by atoms with Crippen molar-refractivity contribution < 1.29 is 0 Å². The number of hydrogen-bond acceptors (Lipinski definition) is 2. The van der Waals surface area contributed by atoms with E-state index in [4.69, 9.17) is 12.2 Å². The molecule has 0 spiro atoms. The van der Waals surface area contributed by atoms with Gasteiger partial charge in [0.25, 0.3) is 5.56 Å². The first-order valence-electron chi connectivity index (χ1n) is 10.0. The monoisotopic (exact) mass is 385 g/mol. The molecule has 0 saturated heterocycles. The van der Waals surface area contributed by atoms with E-state index in [0.29, 0.717) is 18.5 Å². The van der Waals surface area contributed by atoms with Crippen molar-refractivity contribution in [2.75, 3.05) is 6.54 Å². The standard InChI is InChI=1S/C22H31N3OS/c1-14(2)12-23-22(27)25(19-7-5-6-8-19)13-18-11-17-9-15(3)16(4)10-20(17)24-21(18)26/h9-11,14,19H,5-8,12-13H2,1-4H3,(H,23,27)(H,24,26). The highest BCUT2D eigenvalue weighted by Gasteiger charge is 2.25. The fraction of sp³-hybridized carbons (Fsp3) is 0.545. The number of H-pyrrole nitrogens is 1. The number of pyridine rings is 1. The summed E-state index contributed by atoms with van der Waals surface area (Å²) in [5.41, 5.74) is 4.10. The van der Waals surface area contributed by atoms with Crippen LogP contribution in [-0.4, -0.2) is 27.6 Å². The minimum atomic E-state index is -0.0135. The van der Waals surface area contributed by atoms with Crippen LogP contribution in [0.2, 0.25) is 0 Å². The van der Waals surface area contributed by atoms with E-state index in [1.165, 1.54) is 24.0 Å². The lowest BCUT2D eigenvalue weighted by molar-refractivity contribution is 0.301. The average molecular weight is 386 g/mol. The molecule has 146 valence electrons. The third kappa shape index (κ3) is 4.70. The molecule has 0 aliphatic heterocycles. The molecule has 5 heteroatoms. The summed E-state index contributed by atoms with van der Waals surface area (Å²) in [5.74, 6) is 0.531. The van der Waals surface area contributed by atoms with Gasteiger partial charge in [0.15, 0.2) is 5.11 Å². The number of rotatable bonds is 5. The first-order chi connectivity index (χ1) is 12.8. The molecule has 2 N–H and O–H groups in total. The molecule has 0 radical (unpaired) electrons. The minimum absolute atomic E-state index is 0.0135. The van der Waals surface area contributed by atoms with Crippen molar-refractivity contribution in [3.05, 3.63) is 45.2 Å². The van der Waals surface area contributed by atoms with Gasteiger partial charge >= 0.3 is 0 Å². The van der Waals surface area contributed by atoms with E-state index in [9.17, 15) is 4.79 Å². The molecule has 1 aliphatic carbocycles. The van der Waals surface area contributed by atoms with Gasteiger partial charge in [0, 0.05) is 23.7 Å². The minimum Gasteiger partial charge on any atom is -0.362 e. The normalized spacial score (nSPS) is 14.9. The predicted octanol–water partition coefficient (Wildman–Crippen LogP) is 4.42. The third-order valence-electron chi connectivity index (χ3n) is 5.56. The molecule has 4 nitrogen and oxygen atoms in total. The molecule has 0 atom stereocenters. The van der Waals surface area contributed by atoms with Gasteiger partial charge in [-0.1, -0.05) is 26.7 Å². The maximum absolute atomic E-state index is 12.7. The summed E-state index contributed by atoms with van der Waals surface area (Å²) in [7, 11) is 0. The van der Waals surface area contributed by atoms with Crippen LogP contribution in [0.3, 0.4) is 0 Å². The molecule has 0 amide bonds. The van der Waals surface area contributed by atoms with Crippen LogP contribution in [0, 0.1) is 19.8 Å². The van der Waals surface area contributed by atoms with Gasteiger partial charge in [-0.2, -0.15) is 0 Å². The van der Waals surface area contributed by atoms with Crippen LogP contribution in [0.1, 0.15) is 56.2 Å². The number of fused-ring (bicyclic) bond motifs is 1. The van der Waals surface area contributed by atoms with E-state index in [1.807, 2.05) is 6.07 Å². The Morgan fingerprint density at radius 2 is 1.89 bits per heavy atom. The Bertz CT molecular complexity index is 881. The van der Waals surface area contributed by atoms with E-state index in [-0.39, 0.29) is 5.56 Å². The summed E-state index contributed by atoms with van der Waals surface area (Å²) in [6.45, 7) is 9.94. The van der Waals surface area contributed by atoms with Crippen LogP contribution < -0.4 is 10.9 Å². The predicted molar refractivity (Wildman–Crippen MR) is 117 cm³/mol. The number of thiocarbonyl (C=S) groups is 1. The lowest BCUT2D eigenvalue weighted by Gasteiger charge is -2.32. The molecule has 1 aromatic heterocycles.